The molecule has 1 unspecified atom stereocenters. The number of halogens is 1. The van der Waals surface area contributed by atoms with Crippen LogP contribution in [0.4, 0.5) is 0 Å². The molecule has 0 saturated heterocycles. The maximum absolute atomic E-state index is 10.0. The van der Waals surface area contributed by atoms with Crippen LogP contribution in [0.2, 0.25) is 5.02 Å². The lowest BCUT2D eigenvalue weighted by molar-refractivity contribution is 0.559. The van der Waals surface area contributed by atoms with Crippen molar-refractivity contribution in [1.29, 1.82) is 0 Å². The highest BCUT2D eigenvalue weighted by molar-refractivity contribution is 6.31. The molecule has 0 spiro atoms. The predicted molar refractivity (Wildman–Crippen MR) is 52.7 cm³/mol. The first kappa shape index (κ1) is 9.97. The molecule has 68 valence electrons. The van der Waals surface area contributed by atoms with Gasteiger partial charge in [0.15, 0.2) is 0 Å². The van der Waals surface area contributed by atoms with Gasteiger partial charge >= 0.3 is 0 Å². The Bertz CT molecular complexity index is 356. The van der Waals surface area contributed by atoms with Crippen molar-refractivity contribution in [2.45, 2.75) is 19.9 Å². The molecule has 0 bridgehead atoms. The Morgan fingerprint density at radius 2 is 2.23 bits per heavy atom. The second-order valence-electron chi connectivity index (χ2n) is 2.92. The summed E-state index contributed by atoms with van der Waals surface area (Å²) in [4.78, 5) is 13.6. The number of carbonyl (C=O) groups excluding carboxylic acids is 1. The summed E-state index contributed by atoms with van der Waals surface area (Å²) in [5, 5.41) is 0.645. The van der Waals surface area contributed by atoms with E-state index >= 15 is 0 Å². The van der Waals surface area contributed by atoms with Gasteiger partial charge in [-0.1, -0.05) is 23.7 Å². The molecule has 1 rings (SSSR count). The van der Waals surface area contributed by atoms with Gasteiger partial charge in [-0.3, -0.25) is 0 Å². The van der Waals surface area contributed by atoms with Crippen LogP contribution >= 0.6 is 11.6 Å². The topological polar surface area (TPSA) is 29.4 Å². The molecule has 3 heteroatoms. The molecule has 13 heavy (non-hydrogen) atoms. The number of isocyanates is 1. The van der Waals surface area contributed by atoms with E-state index in [1.807, 2.05) is 25.1 Å². The Hall–Kier alpha value is -1.11. The van der Waals surface area contributed by atoms with Crippen molar-refractivity contribution in [2.75, 3.05) is 0 Å². The number of rotatable bonds is 2. The van der Waals surface area contributed by atoms with Crippen LogP contribution in [0.15, 0.2) is 23.2 Å². The van der Waals surface area contributed by atoms with E-state index in [1.165, 1.54) is 6.08 Å². The average Bonchev–Trinajstić information content (AvgIpc) is 2.04. The van der Waals surface area contributed by atoms with E-state index in [0.29, 0.717) is 5.02 Å². The van der Waals surface area contributed by atoms with E-state index in [2.05, 4.69) is 4.99 Å². The van der Waals surface area contributed by atoms with E-state index in [4.69, 9.17) is 11.6 Å². The molecule has 0 N–H and O–H groups in total. The lowest BCUT2D eigenvalue weighted by Crippen LogP contribution is -1.90. The maximum Gasteiger partial charge on any atom is 0.235 e. The molecule has 0 aromatic heterocycles. The van der Waals surface area contributed by atoms with Gasteiger partial charge < -0.3 is 0 Å². The van der Waals surface area contributed by atoms with Crippen LogP contribution in [-0.2, 0) is 4.79 Å². The van der Waals surface area contributed by atoms with Crippen molar-refractivity contribution in [3.05, 3.63) is 34.3 Å². The summed E-state index contributed by atoms with van der Waals surface area (Å²) in [5.41, 5.74) is 1.95. The first-order valence-electron chi connectivity index (χ1n) is 3.98. The number of aryl methyl sites for hydroxylation is 1. The highest BCUT2D eigenvalue weighted by Crippen LogP contribution is 2.25. The number of benzene rings is 1. The summed E-state index contributed by atoms with van der Waals surface area (Å²) in [6.45, 7) is 3.77. The second-order valence-corrected chi connectivity index (χ2v) is 3.33. The molecule has 0 radical (unpaired) electrons. The molecule has 2 nitrogen and oxygen atoms in total. The van der Waals surface area contributed by atoms with Crippen molar-refractivity contribution in [2.24, 2.45) is 4.99 Å². The molecule has 0 aliphatic rings. The normalized spacial score (nSPS) is 11.9. The van der Waals surface area contributed by atoms with Crippen molar-refractivity contribution in [3.63, 3.8) is 0 Å². The second kappa shape index (κ2) is 4.22. The summed E-state index contributed by atoms with van der Waals surface area (Å²) in [5.74, 6) is 0. The zero-order valence-electron chi connectivity index (χ0n) is 7.54. The third-order valence-electron chi connectivity index (χ3n) is 1.85. The van der Waals surface area contributed by atoms with Gasteiger partial charge in [0.25, 0.3) is 0 Å². The maximum atomic E-state index is 10.0. The van der Waals surface area contributed by atoms with Crippen LogP contribution < -0.4 is 0 Å². The molecule has 1 aromatic carbocycles. The molecule has 0 saturated carbocycles. The third-order valence-corrected chi connectivity index (χ3v) is 2.18. The molecule has 0 fully saturated rings. The SMILES string of the molecule is Cc1ccc(C(C)N=C=O)c(Cl)c1. The number of nitrogens with zero attached hydrogens (tertiary/aromatic N) is 1. The Balaban J connectivity index is 3.08. The monoisotopic (exact) mass is 195 g/mol. The van der Waals surface area contributed by atoms with Crippen LogP contribution in [0.5, 0.6) is 0 Å². The summed E-state index contributed by atoms with van der Waals surface area (Å²) in [6, 6.07) is 5.46. The predicted octanol–water partition coefficient (Wildman–Crippen LogP) is 3.05. The zero-order chi connectivity index (χ0) is 9.84. The molecule has 0 heterocycles. The highest BCUT2D eigenvalue weighted by Gasteiger charge is 2.07. The van der Waals surface area contributed by atoms with Crippen molar-refractivity contribution >= 4 is 17.7 Å². The standard InChI is InChI=1S/C10H10ClNO/c1-7-3-4-9(10(11)5-7)8(2)12-6-13/h3-5,8H,1-2H3. The van der Waals surface area contributed by atoms with Crippen molar-refractivity contribution in [3.8, 4) is 0 Å². The summed E-state index contributed by atoms with van der Waals surface area (Å²) in [7, 11) is 0. The van der Waals surface area contributed by atoms with Gasteiger partial charge in [-0.2, -0.15) is 4.99 Å². The smallest absolute Gasteiger partial charge is 0.211 e. The Morgan fingerprint density at radius 3 is 2.77 bits per heavy atom. The summed E-state index contributed by atoms with van der Waals surface area (Å²) < 4.78 is 0. The minimum absolute atomic E-state index is 0.217. The molecule has 0 aliphatic carbocycles. The fraction of sp³-hybridized carbons (Fsp3) is 0.300. The molecule has 0 amide bonds. The van der Waals surface area contributed by atoms with Crippen LogP contribution in [0, 0.1) is 6.92 Å². The third kappa shape index (κ3) is 2.41. The zero-order valence-corrected chi connectivity index (χ0v) is 8.30. The largest absolute Gasteiger partial charge is 0.235 e. The van der Waals surface area contributed by atoms with Crippen LogP contribution in [0.1, 0.15) is 24.1 Å². The van der Waals surface area contributed by atoms with Crippen LogP contribution in [0.25, 0.3) is 0 Å². The van der Waals surface area contributed by atoms with Gasteiger partial charge in [-0.05, 0) is 31.0 Å². The lowest BCUT2D eigenvalue weighted by atomic mass is 10.1. The number of hydrogen-bond acceptors (Lipinski definition) is 2. The number of hydrogen-bond donors (Lipinski definition) is 0. The summed E-state index contributed by atoms with van der Waals surface area (Å²) in [6.07, 6.45) is 1.52. The minimum atomic E-state index is -0.217. The van der Waals surface area contributed by atoms with Gasteiger partial charge in [0, 0.05) is 5.02 Å². The van der Waals surface area contributed by atoms with Crippen LogP contribution in [-0.4, -0.2) is 6.08 Å². The Morgan fingerprint density at radius 1 is 1.54 bits per heavy atom. The summed E-state index contributed by atoms with van der Waals surface area (Å²) >= 11 is 5.97. The van der Waals surface area contributed by atoms with E-state index in [0.717, 1.165) is 11.1 Å². The van der Waals surface area contributed by atoms with Gasteiger partial charge in [-0.25, -0.2) is 4.79 Å². The molecular formula is C10H10ClNO. The van der Waals surface area contributed by atoms with Gasteiger partial charge in [0.2, 0.25) is 6.08 Å². The number of aliphatic imine (C=N–C) groups is 1. The molecular weight excluding hydrogens is 186 g/mol. The fourth-order valence-electron chi connectivity index (χ4n) is 1.12. The Labute approximate surface area is 82.3 Å². The quantitative estimate of drug-likeness (QED) is 0.527. The molecule has 1 aromatic rings. The van der Waals surface area contributed by atoms with E-state index in [-0.39, 0.29) is 6.04 Å². The molecule has 1 atom stereocenters. The molecule has 0 aliphatic heterocycles. The van der Waals surface area contributed by atoms with Gasteiger partial charge in [-0.15, -0.1) is 0 Å². The Kier molecular flexibility index (Phi) is 3.24. The van der Waals surface area contributed by atoms with E-state index < -0.39 is 0 Å². The minimum Gasteiger partial charge on any atom is -0.211 e. The van der Waals surface area contributed by atoms with Crippen molar-refractivity contribution in [1.82, 2.24) is 0 Å². The first-order chi connectivity index (χ1) is 6.15. The van der Waals surface area contributed by atoms with E-state index in [1.54, 1.807) is 6.92 Å². The lowest BCUT2D eigenvalue weighted by Gasteiger charge is -2.07. The van der Waals surface area contributed by atoms with Gasteiger partial charge in [0.1, 0.15) is 0 Å². The average molecular weight is 196 g/mol. The fourth-order valence-corrected chi connectivity index (χ4v) is 1.51. The highest BCUT2D eigenvalue weighted by atomic mass is 35.5. The van der Waals surface area contributed by atoms with E-state index in [9.17, 15) is 4.79 Å². The first-order valence-corrected chi connectivity index (χ1v) is 4.36. The van der Waals surface area contributed by atoms with Gasteiger partial charge in [0.05, 0.1) is 6.04 Å². The van der Waals surface area contributed by atoms with Crippen LogP contribution in [0.3, 0.4) is 0 Å². The van der Waals surface area contributed by atoms with Crippen molar-refractivity contribution < 1.29 is 4.79 Å².